The van der Waals surface area contributed by atoms with Gasteiger partial charge in [-0.1, -0.05) is 50.2 Å². The monoisotopic (exact) mass is 450 g/mol. The van der Waals surface area contributed by atoms with Crippen LogP contribution in [0.5, 0.6) is 0 Å². The zero-order chi connectivity index (χ0) is 23.4. The van der Waals surface area contributed by atoms with Gasteiger partial charge in [-0.25, -0.2) is 9.37 Å². The molecule has 0 aliphatic carbocycles. The minimum absolute atomic E-state index is 0.0512. The van der Waals surface area contributed by atoms with E-state index in [1.807, 2.05) is 42.5 Å². The lowest BCUT2D eigenvalue weighted by Crippen LogP contribution is -2.47. The van der Waals surface area contributed by atoms with Gasteiger partial charge in [-0.05, 0) is 23.1 Å². The van der Waals surface area contributed by atoms with Gasteiger partial charge in [-0.3, -0.25) is 14.6 Å². The predicted molar refractivity (Wildman–Crippen MR) is 120 cm³/mol. The number of carbonyl (C=O) groups excluding carboxylic acids is 2. The fourth-order valence-electron chi connectivity index (χ4n) is 4.02. The van der Waals surface area contributed by atoms with Crippen LogP contribution in [-0.2, 0) is 16.0 Å². The number of amides is 2. The second-order valence-electron chi connectivity index (χ2n) is 8.52. The van der Waals surface area contributed by atoms with E-state index in [1.54, 1.807) is 6.20 Å². The van der Waals surface area contributed by atoms with Crippen LogP contribution in [0.4, 0.5) is 4.39 Å². The number of likely N-dealkylation sites (tertiary alicyclic amines) is 1. The van der Waals surface area contributed by atoms with Crippen LogP contribution in [-0.4, -0.2) is 45.4 Å². The zero-order valence-electron chi connectivity index (χ0n) is 18.6. The van der Waals surface area contributed by atoms with Gasteiger partial charge >= 0.3 is 0 Å². The molecule has 1 saturated heterocycles. The van der Waals surface area contributed by atoms with Crippen molar-refractivity contribution in [2.24, 2.45) is 0 Å². The number of hydrogen-bond donors (Lipinski definition) is 1. The van der Waals surface area contributed by atoms with Crippen LogP contribution in [0, 0.1) is 0 Å². The fourth-order valence-corrected chi connectivity index (χ4v) is 4.02. The normalized spacial score (nSPS) is 19.0. The van der Waals surface area contributed by atoms with Crippen LogP contribution in [0.3, 0.4) is 0 Å². The number of pyridine rings is 1. The summed E-state index contributed by atoms with van der Waals surface area (Å²) in [7, 11) is 0. The first kappa shape index (κ1) is 22.6. The van der Waals surface area contributed by atoms with E-state index in [4.69, 9.17) is 4.42 Å². The molecule has 0 bridgehead atoms. The number of carbonyl (C=O) groups is 2. The van der Waals surface area contributed by atoms with E-state index >= 15 is 0 Å². The first-order valence-corrected chi connectivity index (χ1v) is 11.1. The summed E-state index contributed by atoms with van der Waals surface area (Å²) in [4.78, 5) is 35.9. The molecule has 3 aromatic rings. The predicted octanol–water partition coefficient (Wildman–Crippen LogP) is 3.58. The Balaban J connectivity index is 1.56. The van der Waals surface area contributed by atoms with Crippen molar-refractivity contribution in [1.29, 1.82) is 0 Å². The summed E-state index contributed by atoms with van der Waals surface area (Å²) in [6, 6.07) is 11.9. The SMILES string of the molecule is CC(C)c1ccc(C(NC(=O)C2CC(F)CN2C(=O)Cc2ncco2)c2ccccc2)nc1. The van der Waals surface area contributed by atoms with Crippen molar-refractivity contribution in [2.75, 3.05) is 6.54 Å². The third kappa shape index (κ3) is 5.27. The summed E-state index contributed by atoms with van der Waals surface area (Å²) < 4.78 is 19.4. The smallest absolute Gasteiger partial charge is 0.243 e. The van der Waals surface area contributed by atoms with Gasteiger partial charge in [0.15, 0.2) is 0 Å². The summed E-state index contributed by atoms with van der Waals surface area (Å²) >= 11 is 0. The molecular weight excluding hydrogens is 423 g/mol. The topological polar surface area (TPSA) is 88.3 Å². The highest BCUT2D eigenvalue weighted by Gasteiger charge is 2.40. The van der Waals surface area contributed by atoms with Gasteiger partial charge in [0.1, 0.15) is 24.9 Å². The molecule has 8 heteroatoms. The molecule has 7 nitrogen and oxygen atoms in total. The van der Waals surface area contributed by atoms with Gasteiger partial charge in [-0.15, -0.1) is 0 Å². The molecule has 3 heterocycles. The molecule has 1 fully saturated rings. The Bertz CT molecular complexity index is 1070. The quantitative estimate of drug-likeness (QED) is 0.594. The zero-order valence-corrected chi connectivity index (χ0v) is 18.6. The van der Waals surface area contributed by atoms with Gasteiger partial charge in [0, 0.05) is 12.6 Å². The van der Waals surface area contributed by atoms with Crippen molar-refractivity contribution in [3.63, 3.8) is 0 Å². The minimum atomic E-state index is -1.27. The van der Waals surface area contributed by atoms with Crippen LogP contribution in [0.25, 0.3) is 0 Å². The summed E-state index contributed by atoms with van der Waals surface area (Å²) in [5.41, 5.74) is 2.62. The van der Waals surface area contributed by atoms with Gasteiger partial charge in [0.05, 0.1) is 24.5 Å². The van der Waals surface area contributed by atoms with Gasteiger partial charge in [0.2, 0.25) is 17.7 Å². The maximum absolute atomic E-state index is 14.3. The number of aromatic nitrogens is 2. The molecule has 1 aliphatic heterocycles. The van der Waals surface area contributed by atoms with Crippen LogP contribution < -0.4 is 5.32 Å². The molecule has 0 saturated carbocycles. The molecule has 2 amide bonds. The van der Waals surface area contributed by atoms with E-state index in [0.717, 1.165) is 11.1 Å². The Morgan fingerprint density at radius 1 is 1.15 bits per heavy atom. The van der Waals surface area contributed by atoms with Gasteiger partial charge in [0.25, 0.3) is 0 Å². The number of nitrogens with one attached hydrogen (secondary N) is 1. The highest BCUT2D eigenvalue weighted by molar-refractivity contribution is 5.89. The second-order valence-corrected chi connectivity index (χ2v) is 8.52. The largest absolute Gasteiger partial charge is 0.448 e. The lowest BCUT2D eigenvalue weighted by atomic mass is 10.00. The van der Waals surface area contributed by atoms with E-state index in [1.165, 1.54) is 17.4 Å². The number of alkyl halides is 1. The Labute approximate surface area is 192 Å². The molecule has 0 spiro atoms. The van der Waals surface area contributed by atoms with Gasteiger partial charge < -0.3 is 14.6 Å². The highest BCUT2D eigenvalue weighted by atomic mass is 19.1. The molecule has 4 rings (SSSR count). The molecule has 1 aromatic carbocycles. The Hall–Kier alpha value is -3.55. The number of rotatable bonds is 7. The van der Waals surface area contributed by atoms with E-state index in [9.17, 15) is 14.0 Å². The summed E-state index contributed by atoms with van der Waals surface area (Å²) in [6.07, 6.45) is 3.18. The van der Waals surface area contributed by atoms with E-state index in [-0.39, 0.29) is 25.3 Å². The lowest BCUT2D eigenvalue weighted by molar-refractivity contribution is -0.138. The maximum Gasteiger partial charge on any atom is 0.243 e. The van der Waals surface area contributed by atoms with Crippen molar-refractivity contribution < 1.29 is 18.4 Å². The van der Waals surface area contributed by atoms with E-state index < -0.39 is 30.1 Å². The van der Waals surface area contributed by atoms with Crippen molar-refractivity contribution in [2.45, 2.75) is 50.9 Å². The molecule has 2 aromatic heterocycles. The highest BCUT2D eigenvalue weighted by Crippen LogP contribution is 2.26. The number of benzene rings is 1. The number of nitrogens with zero attached hydrogens (tertiary/aromatic N) is 3. The van der Waals surface area contributed by atoms with Crippen LogP contribution >= 0.6 is 0 Å². The molecule has 3 unspecified atom stereocenters. The molecule has 172 valence electrons. The molecule has 33 heavy (non-hydrogen) atoms. The molecular formula is C25H27FN4O3. The van der Waals surface area contributed by atoms with Gasteiger partial charge in [-0.2, -0.15) is 0 Å². The minimum Gasteiger partial charge on any atom is -0.448 e. The Morgan fingerprint density at radius 3 is 2.58 bits per heavy atom. The van der Waals surface area contributed by atoms with E-state index in [2.05, 4.69) is 29.1 Å². The molecule has 3 atom stereocenters. The average molecular weight is 451 g/mol. The summed E-state index contributed by atoms with van der Waals surface area (Å²) in [6.45, 7) is 4.05. The summed E-state index contributed by atoms with van der Waals surface area (Å²) in [5.74, 6) is -0.245. The second kappa shape index (κ2) is 9.94. The van der Waals surface area contributed by atoms with Crippen molar-refractivity contribution in [3.8, 4) is 0 Å². The molecule has 0 radical (unpaired) electrons. The number of halogens is 1. The van der Waals surface area contributed by atoms with Crippen LogP contribution in [0.15, 0.2) is 65.5 Å². The van der Waals surface area contributed by atoms with E-state index in [0.29, 0.717) is 11.6 Å². The standard InChI is InChI=1S/C25H27FN4O3/c1-16(2)18-8-9-20(28-14-18)24(17-6-4-3-5-7-17)29-25(32)21-12-19(26)15-30(21)23(31)13-22-27-10-11-33-22/h3-11,14,16,19,21,24H,12-13,15H2,1-2H3,(H,29,32). The van der Waals surface area contributed by atoms with Crippen LogP contribution in [0.2, 0.25) is 0 Å². The molecule has 1 aliphatic rings. The Kier molecular flexibility index (Phi) is 6.82. The third-order valence-electron chi connectivity index (χ3n) is 5.85. The first-order valence-electron chi connectivity index (χ1n) is 11.1. The average Bonchev–Trinajstić information content (AvgIpc) is 3.47. The number of oxazole rings is 1. The summed E-state index contributed by atoms with van der Waals surface area (Å²) in [5, 5.41) is 3.00. The third-order valence-corrected chi connectivity index (χ3v) is 5.85. The Morgan fingerprint density at radius 2 is 1.94 bits per heavy atom. The van der Waals surface area contributed by atoms with Crippen molar-refractivity contribution in [3.05, 3.63) is 83.8 Å². The lowest BCUT2D eigenvalue weighted by Gasteiger charge is -2.26. The van der Waals surface area contributed by atoms with Crippen LogP contribution in [0.1, 0.15) is 54.9 Å². The fraction of sp³-hybridized carbons (Fsp3) is 0.360. The molecule has 1 N–H and O–H groups in total. The van der Waals surface area contributed by atoms with Crippen molar-refractivity contribution >= 4 is 11.8 Å². The maximum atomic E-state index is 14.3. The van der Waals surface area contributed by atoms with Crippen molar-refractivity contribution in [1.82, 2.24) is 20.2 Å². The first-order chi connectivity index (χ1) is 15.9. The number of hydrogen-bond acceptors (Lipinski definition) is 5.